The highest BCUT2D eigenvalue weighted by atomic mass is 79.9. The van der Waals surface area contributed by atoms with Crippen molar-refractivity contribution in [3.8, 4) is 11.5 Å². The van der Waals surface area contributed by atoms with Crippen molar-refractivity contribution in [1.82, 2.24) is 5.32 Å². The monoisotopic (exact) mass is 498 g/mol. The molecule has 1 N–H and O–H groups in total. The number of amides is 2. The van der Waals surface area contributed by atoms with Crippen LogP contribution in [0.25, 0.3) is 6.08 Å². The van der Waals surface area contributed by atoms with E-state index in [0.717, 1.165) is 29.3 Å². The Bertz CT molecular complexity index is 1050. The van der Waals surface area contributed by atoms with E-state index in [4.69, 9.17) is 9.47 Å². The van der Waals surface area contributed by atoms with Crippen molar-refractivity contribution in [2.75, 3.05) is 18.6 Å². The van der Waals surface area contributed by atoms with Crippen molar-refractivity contribution in [2.24, 2.45) is 5.92 Å². The zero-order valence-electron chi connectivity index (χ0n) is 18.3. The quantitative estimate of drug-likeness (QED) is 0.594. The Morgan fingerprint density at radius 2 is 2.03 bits per heavy atom. The van der Waals surface area contributed by atoms with Crippen LogP contribution in [0.5, 0.6) is 11.5 Å². The van der Waals surface area contributed by atoms with Crippen LogP contribution in [-0.4, -0.2) is 31.5 Å². The molecule has 1 aliphatic heterocycles. The van der Waals surface area contributed by atoms with Crippen LogP contribution in [-0.2, 0) is 9.59 Å². The third-order valence-electron chi connectivity index (χ3n) is 6.07. The summed E-state index contributed by atoms with van der Waals surface area (Å²) in [6.07, 6.45) is 6.11. The molecule has 0 spiro atoms. The maximum Gasteiger partial charge on any atom is 0.294 e. The van der Waals surface area contributed by atoms with Gasteiger partial charge in [0.25, 0.3) is 5.91 Å². The average Bonchev–Trinajstić information content (AvgIpc) is 2.78. The minimum absolute atomic E-state index is 0.0495. The zero-order chi connectivity index (χ0) is 22.7. The summed E-state index contributed by atoms with van der Waals surface area (Å²) in [7, 11) is 1.60. The smallest absolute Gasteiger partial charge is 0.294 e. The van der Waals surface area contributed by atoms with E-state index in [-0.39, 0.29) is 30.2 Å². The third-order valence-corrected chi connectivity index (χ3v) is 6.68. The van der Waals surface area contributed by atoms with Gasteiger partial charge in [-0.1, -0.05) is 38.0 Å². The van der Waals surface area contributed by atoms with Gasteiger partial charge in [0.15, 0.2) is 11.5 Å². The van der Waals surface area contributed by atoms with Crippen molar-refractivity contribution >= 4 is 39.5 Å². The van der Waals surface area contributed by atoms with Gasteiger partial charge in [0.05, 0.1) is 17.3 Å². The molecule has 168 valence electrons. The fourth-order valence-electron chi connectivity index (χ4n) is 4.27. The highest BCUT2D eigenvalue weighted by Crippen LogP contribution is 2.36. The summed E-state index contributed by atoms with van der Waals surface area (Å²) < 4.78 is 12.0. The second-order valence-corrected chi connectivity index (χ2v) is 9.15. The number of hydrogen-bond donors (Lipinski definition) is 1. The molecule has 1 saturated carbocycles. The largest absolute Gasteiger partial charge is 0.496 e. The fraction of sp³-hybridized carbons (Fsp3) is 0.360. The van der Waals surface area contributed by atoms with Crippen LogP contribution < -0.4 is 19.7 Å². The van der Waals surface area contributed by atoms with E-state index in [9.17, 15) is 9.59 Å². The summed E-state index contributed by atoms with van der Waals surface area (Å²) in [5.41, 5.74) is 1.37. The lowest BCUT2D eigenvalue weighted by Crippen LogP contribution is -2.48. The van der Waals surface area contributed by atoms with Gasteiger partial charge in [-0.3, -0.25) is 14.5 Å². The Hall–Kier alpha value is -2.80. The number of halogens is 1. The minimum atomic E-state index is -0.345. The molecule has 4 rings (SSSR count). The molecule has 32 heavy (non-hydrogen) atoms. The lowest BCUT2D eigenvalue weighted by molar-refractivity contribution is -0.124. The molecule has 7 heteroatoms. The Kier molecular flexibility index (Phi) is 6.84. The normalized spacial score (nSPS) is 21.7. The molecule has 2 aromatic rings. The van der Waals surface area contributed by atoms with Crippen molar-refractivity contribution in [3.63, 3.8) is 0 Å². The first-order valence-corrected chi connectivity index (χ1v) is 11.7. The van der Waals surface area contributed by atoms with Crippen LogP contribution in [0.4, 0.5) is 5.69 Å². The molecule has 0 bridgehead atoms. The Balaban J connectivity index is 1.58. The number of nitrogens with one attached hydrogen (secondary N) is 1. The average molecular weight is 499 g/mol. The van der Waals surface area contributed by atoms with Crippen molar-refractivity contribution in [2.45, 2.75) is 38.6 Å². The van der Waals surface area contributed by atoms with E-state index in [1.54, 1.807) is 25.3 Å². The van der Waals surface area contributed by atoms with Gasteiger partial charge in [-0.25, -0.2) is 0 Å². The molecule has 6 nitrogen and oxygen atoms in total. The summed E-state index contributed by atoms with van der Waals surface area (Å²) in [6, 6.07) is 12.9. The predicted octanol–water partition coefficient (Wildman–Crippen LogP) is 4.92. The van der Waals surface area contributed by atoms with Gasteiger partial charge in [0.1, 0.15) is 12.3 Å². The van der Waals surface area contributed by atoms with Crippen LogP contribution in [0, 0.1) is 5.92 Å². The number of carbonyl (C=O) groups is 2. The van der Waals surface area contributed by atoms with E-state index in [1.165, 1.54) is 11.3 Å². The van der Waals surface area contributed by atoms with E-state index in [0.29, 0.717) is 23.1 Å². The van der Waals surface area contributed by atoms with Gasteiger partial charge >= 0.3 is 0 Å². The van der Waals surface area contributed by atoms with Gasteiger partial charge in [0, 0.05) is 6.04 Å². The first kappa shape index (κ1) is 22.4. The number of hydrogen-bond acceptors (Lipinski definition) is 4. The fourth-order valence-corrected chi connectivity index (χ4v) is 4.83. The zero-order valence-corrected chi connectivity index (χ0v) is 19.9. The van der Waals surface area contributed by atoms with Crippen molar-refractivity contribution < 1.29 is 19.1 Å². The topological polar surface area (TPSA) is 67.9 Å². The summed E-state index contributed by atoms with van der Waals surface area (Å²) >= 11 is 3.47. The molecule has 0 radical (unpaired) electrons. The number of ether oxygens (including phenoxy) is 2. The number of carbonyl (C=O) groups excluding carboxylic acids is 2. The predicted molar refractivity (Wildman–Crippen MR) is 128 cm³/mol. The summed E-state index contributed by atoms with van der Waals surface area (Å²) in [6.45, 7) is 2.12. The molecular weight excluding hydrogens is 472 g/mol. The van der Waals surface area contributed by atoms with Crippen LogP contribution in [0.2, 0.25) is 0 Å². The lowest BCUT2D eigenvalue weighted by atomic mass is 9.86. The number of anilines is 1. The molecule has 1 heterocycles. The highest BCUT2D eigenvalue weighted by Gasteiger charge is 2.32. The maximum atomic E-state index is 13.3. The summed E-state index contributed by atoms with van der Waals surface area (Å²) in [4.78, 5) is 27.7. The number of benzene rings is 2. The lowest BCUT2D eigenvalue weighted by Gasteiger charge is -2.32. The molecule has 1 fully saturated rings. The van der Waals surface area contributed by atoms with Crippen LogP contribution in [0.1, 0.15) is 38.2 Å². The molecular formula is C25H27BrN2O4. The SMILES string of the molecule is COc1ccc(/C=C2\Oc3ccccc3N(CC(=O)N[C@H]3CCCC[C@H]3C)C2=O)cc1Br. The van der Waals surface area contributed by atoms with Crippen LogP contribution >= 0.6 is 15.9 Å². The van der Waals surface area contributed by atoms with E-state index in [2.05, 4.69) is 28.2 Å². The van der Waals surface area contributed by atoms with E-state index >= 15 is 0 Å². The summed E-state index contributed by atoms with van der Waals surface area (Å²) in [5, 5.41) is 3.14. The van der Waals surface area contributed by atoms with Gasteiger partial charge in [-0.15, -0.1) is 0 Å². The molecule has 2 amide bonds. The number of methoxy groups -OCH3 is 1. The number of para-hydroxylation sites is 2. The molecule has 2 atom stereocenters. The van der Waals surface area contributed by atoms with Crippen molar-refractivity contribution in [1.29, 1.82) is 0 Å². The Labute approximate surface area is 196 Å². The molecule has 0 unspecified atom stereocenters. The maximum absolute atomic E-state index is 13.3. The highest BCUT2D eigenvalue weighted by molar-refractivity contribution is 9.10. The first-order valence-electron chi connectivity index (χ1n) is 10.9. The molecule has 0 saturated heterocycles. The van der Waals surface area contributed by atoms with Crippen LogP contribution in [0.15, 0.2) is 52.7 Å². The number of nitrogens with zero attached hydrogens (tertiary/aromatic N) is 1. The molecule has 1 aliphatic carbocycles. The summed E-state index contributed by atoms with van der Waals surface area (Å²) in [5.74, 6) is 1.36. The number of rotatable bonds is 5. The molecule has 2 aliphatic rings. The standard InChI is InChI=1S/C25H27BrN2O4/c1-16-7-3-4-8-19(16)27-24(29)15-28-20-9-5-6-10-22(20)32-23(25(28)30)14-17-11-12-21(31-2)18(26)13-17/h5-6,9-14,16,19H,3-4,7-8,15H2,1-2H3,(H,27,29)/b23-14-/t16-,19+/m1/s1. The number of fused-ring (bicyclic) bond motifs is 1. The van der Waals surface area contributed by atoms with Gasteiger partial charge in [-0.05, 0) is 70.6 Å². The minimum Gasteiger partial charge on any atom is -0.496 e. The van der Waals surface area contributed by atoms with E-state index in [1.807, 2.05) is 30.3 Å². The van der Waals surface area contributed by atoms with Gasteiger partial charge in [0.2, 0.25) is 5.91 Å². The van der Waals surface area contributed by atoms with E-state index < -0.39 is 0 Å². The second kappa shape index (κ2) is 9.77. The second-order valence-electron chi connectivity index (χ2n) is 8.30. The molecule has 0 aromatic heterocycles. The Morgan fingerprint density at radius 3 is 2.78 bits per heavy atom. The van der Waals surface area contributed by atoms with Gasteiger partial charge < -0.3 is 14.8 Å². The van der Waals surface area contributed by atoms with Crippen molar-refractivity contribution in [3.05, 3.63) is 58.3 Å². The first-order chi connectivity index (χ1) is 15.5. The van der Waals surface area contributed by atoms with Crippen LogP contribution in [0.3, 0.4) is 0 Å². The molecule has 2 aromatic carbocycles. The third kappa shape index (κ3) is 4.83. The van der Waals surface area contributed by atoms with Gasteiger partial charge in [-0.2, -0.15) is 0 Å². The Morgan fingerprint density at radius 1 is 1.25 bits per heavy atom.